The molecule has 7 heteroatoms. The molecule has 0 unspecified atom stereocenters. The standard InChI is InChI=1S/C12H7ClN6/c13-12-18-10-9(15-6-16-10)11(19-12)17-8-3-1-2-7(4-8)5-14/h1-4,6H,(H2,15,16,17,18,19). The fourth-order valence-corrected chi connectivity index (χ4v) is 1.87. The molecule has 0 spiro atoms. The van der Waals surface area contributed by atoms with Crippen LogP contribution in [0.1, 0.15) is 5.56 Å². The number of anilines is 2. The predicted molar refractivity (Wildman–Crippen MR) is 71.1 cm³/mol. The van der Waals surface area contributed by atoms with E-state index in [1.165, 1.54) is 6.33 Å². The van der Waals surface area contributed by atoms with Crippen LogP contribution >= 0.6 is 11.6 Å². The molecule has 0 amide bonds. The van der Waals surface area contributed by atoms with E-state index in [0.29, 0.717) is 22.5 Å². The zero-order chi connectivity index (χ0) is 13.2. The molecule has 19 heavy (non-hydrogen) atoms. The lowest BCUT2D eigenvalue weighted by Crippen LogP contribution is -1.97. The van der Waals surface area contributed by atoms with Gasteiger partial charge in [0.2, 0.25) is 5.28 Å². The van der Waals surface area contributed by atoms with Crippen LogP contribution in [-0.4, -0.2) is 19.9 Å². The molecule has 3 rings (SSSR count). The van der Waals surface area contributed by atoms with E-state index in [1.807, 2.05) is 6.07 Å². The summed E-state index contributed by atoms with van der Waals surface area (Å²) in [5.41, 5.74) is 2.44. The fraction of sp³-hybridized carbons (Fsp3) is 0. The Morgan fingerprint density at radius 3 is 3.05 bits per heavy atom. The maximum Gasteiger partial charge on any atom is 0.226 e. The number of halogens is 1. The number of nitrogens with zero attached hydrogens (tertiary/aromatic N) is 4. The number of hydrogen-bond donors (Lipinski definition) is 2. The van der Waals surface area contributed by atoms with E-state index >= 15 is 0 Å². The van der Waals surface area contributed by atoms with Crippen LogP contribution < -0.4 is 5.32 Å². The second-order valence-electron chi connectivity index (χ2n) is 3.76. The first-order valence-electron chi connectivity index (χ1n) is 5.40. The molecule has 0 saturated carbocycles. The average molecular weight is 271 g/mol. The van der Waals surface area contributed by atoms with Crippen molar-refractivity contribution in [3.8, 4) is 6.07 Å². The van der Waals surface area contributed by atoms with Crippen molar-refractivity contribution >= 4 is 34.3 Å². The van der Waals surface area contributed by atoms with E-state index < -0.39 is 0 Å². The zero-order valence-electron chi connectivity index (χ0n) is 9.55. The number of fused-ring (bicyclic) bond motifs is 1. The van der Waals surface area contributed by atoms with Crippen LogP contribution in [0.5, 0.6) is 0 Å². The summed E-state index contributed by atoms with van der Waals surface area (Å²) in [4.78, 5) is 15.1. The van der Waals surface area contributed by atoms with Crippen molar-refractivity contribution in [1.82, 2.24) is 19.9 Å². The summed E-state index contributed by atoms with van der Waals surface area (Å²) < 4.78 is 0. The molecule has 6 nitrogen and oxygen atoms in total. The molecule has 0 fully saturated rings. The summed E-state index contributed by atoms with van der Waals surface area (Å²) >= 11 is 5.84. The van der Waals surface area contributed by atoms with Crippen molar-refractivity contribution in [3.05, 3.63) is 41.4 Å². The molecule has 0 aliphatic carbocycles. The molecule has 92 valence electrons. The van der Waals surface area contributed by atoms with Gasteiger partial charge >= 0.3 is 0 Å². The number of hydrogen-bond acceptors (Lipinski definition) is 5. The molecule has 0 radical (unpaired) electrons. The molecule has 3 aromatic rings. The SMILES string of the molecule is N#Cc1cccc(Nc2nc(Cl)nc3[nH]cnc23)c1. The summed E-state index contributed by atoms with van der Waals surface area (Å²) in [7, 11) is 0. The minimum Gasteiger partial charge on any atom is -0.338 e. The van der Waals surface area contributed by atoms with E-state index in [2.05, 4.69) is 31.3 Å². The van der Waals surface area contributed by atoms with Gasteiger partial charge in [-0.05, 0) is 29.8 Å². The molecule has 0 atom stereocenters. The van der Waals surface area contributed by atoms with Gasteiger partial charge in [0.05, 0.1) is 18.0 Å². The Morgan fingerprint density at radius 1 is 1.32 bits per heavy atom. The first kappa shape index (κ1) is 11.4. The van der Waals surface area contributed by atoms with Gasteiger partial charge in [-0.3, -0.25) is 0 Å². The van der Waals surface area contributed by atoms with Crippen LogP contribution in [0.2, 0.25) is 5.28 Å². The van der Waals surface area contributed by atoms with Crippen molar-refractivity contribution in [2.45, 2.75) is 0 Å². The maximum absolute atomic E-state index is 8.87. The van der Waals surface area contributed by atoms with Gasteiger partial charge in [-0.15, -0.1) is 0 Å². The molecule has 0 bridgehead atoms. The lowest BCUT2D eigenvalue weighted by atomic mass is 10.2. The van der Waals surface area contributed by atoms with Gasteiger partial charge in [0.25, 0.3) is 0 Å². The molecular formula is C12H7ClN6. The molecule has 0 aliphatic rings. The van der Waals surface area contributed by atoms with Gasteiger partial charge in [0.15, 0.2) is 17.0 Å². The van der Waals surface area contributed by atoms with Crippen molar-refractivity contribution in [1.29, 1.82) is 5.26 Å². The van der Waals surface area contributed by atoms with Crippen molar-refractivity contribution < 1.29 is 0 Å². The summed E-state index contributed by atoms with van der Waals surface area (Å²) in [5.74, 6) is 0.492. The summed E-state index contributed by atoms with van der Waals surface area (Å²) in [5, 5.41) is 12.1. The van der Waals surface area contributed by atoms with Gasteiger partial charge in [-0.2, -0.15) is 15.2 Å². The Morgan fingerprint density at radius 2 is 2.21 bits per heavy atom. The van der Waals surface area contributed by atoms with Gasteiger partial charge in [0, 0.05) is 5.69 Å². The highest BCUT2D eigenvalue weighted by atomic mass is 35.5. The number of nitriles is 1. The minimum atomic E-state index is 0.121. The number of benzene rings is 1. The minimum absolute atomic E-state index is 0.121. The number of aromatic nitrogens is 4. The van der Waals surface area contributed by atoms with Gasteiger partial charge in [-0.1, -0.05) is 6.07 Å². The largest absolute Gasteiger partial charge is 0.338 e. The third kappa shape index (κ3) is 2.19. The fourth-order valence-electron chi connectivity index (χ4n) is 1.70. The van der Waals surface area contributed by atoms with Gasteiger partial charge in [-0.25, -0.2) is 4.98 Å². The number of imidazole rings is 1. The first-order valence-corrected chi connectivity index (χ1v) is 5.78. The maximum atomic E-state index is 8.87. The van der Waals surface area contributed by atoms with Gasteiger partial charge < -0.3 is 10.3 Å². The number of nitrogens with one attached hydrogen (secondary N) is 2. The lowest BCUT2D eigenvalue weighted by molar-refractivity contribution is 1.20. The average Bonchev–Trinajstić information content (AvgIpc) is 2.87. The Balaban J connectivity index is 2.05. The number of H-pyrrole nitrogens is 1. The van der Waals surface area contributed by atoms with Gasteiger partial charge in [0.1, 0.15) is 0 Å². The van der Waals surface area contributed by atoms with Crippen LogP contribution in [0.4, 0.5) is 11.5 Å². The monoisotopic (exact) mass is 270 g/mol. The highest BCUT2D eigenvalue weighted by Gasteiger charge is 2.09. The Kier molecular flexibility index (Phi) is 2.74. The normalized spacial score (nSPS) is 10.3. The first-order chi connectivity index (χ1) is 9.26. The summed E-state index contributed by atoms with van der Waals surface area (Å²) in [6.45, 7) is 0. The van der Waals surface area contributed by atoms with Crippen LogP contribution in [0.25, 0.3) is 11.2 Å². The second kappa shape index (κ2) is 4.55. The van der Waals surface area contributed by atoms with E-state index in [0.717, 1.165) is 5.69 Å². The quantitative estimate of drug-likeness (QED) is 0.699. The second-order valence-corrected chi connectivity index (χ2v) is 4.10. The molecule has 2 heterocycles. The highest BCUT2D eigenvalue weighted by Crippen LogP contribution is 2.23. The number of rotatable bonds is 2. The predicted octanol–water partition coefficient (Wildman–Crippen LogP) is 2.62. The molecule has 1 aromatic carbocycles. The molecule has 0 saturated heterocycles. The molecule has 2 aromatic heterocycles. The van der Waals surface area contributed by atoms with Crippen LogP contribution in [0.15, 0.2) is 30.6 Å². The van der Waals surface area contributed by atoms with Crippen molar-refractivity contribution in [2.75, 3.05) is 5.32 Å². The lowest BCUT2D eigenvalue weighted by Gasteiger charge is -2.06. The Labute approximate surface area is 113 Å². The zero-order valence-corrected chi connectivity index (χ0v) is 10.3. The van der Waals surface area contributed by atoms with E-state index in [-0.39, 0.29) is 5.28 Å². The van der Waals surface area contributed by atoms with Crippen LogP contribution in [0.3, 0.4) is 0 Å². The molecular weight excluding hydrogens is 264 g/mol. The van der Waals surface area contributed by atoms with E-state index in [4.69, 9.17) is 16.9 Å². The Hall–Kier alpha value is -2.65. The van der Waals surface area contributed by atoms with Crippen LogP contribution in [0, 0.1) is 11.3 Å². The summed E-state index contributed by atoms with van der Waals surface area (Å²) in [6.07, 6.45) is 1.52. The smallest absolute Gasteiger partial charge is 0.226 e. The van der Waals surface area contributed by atoms with E-state index in [1.54, 1.807) is 18.2 Å². The third-order valence-electron chi connectivity index (χ3n) is 2.51. The number of aromatic amines is 1. The highest BCUT2D eigenvalue weighted by molar-refractivity contribution is 6.28. The van der Waals surface area contributed by atoms with Crippen molar-refractivity contribution in [2.24, 2.45) is 0 Å². The van der Waals surface area contributed by atoms with Crippen molar-refractivity contribution in [3.63, 3.8) is 0 Å². The molecule has 2 N–H and O–H groups in total. The third-order valence-corrected chi connectivity index (χ3v) is 2.68. The topological polar surface area (TPSA) is 90.3 Å². The summed E-state index contributed by atoms with van der Waals surface area (Å²) in [6, 6.07) is 9.13. The Bertz CT molecular complexity index is 788. The molecule has 0 aliphatic heterocycles. The van der Waals surface area contributed by atoms with E-state index in [9.17, 15) is 0 Å². The van der Waals surface area contributed by atoms with Crippen LogP contribution in [-0.2, 0) is 0 Å².